The summed E-state index contributed by atoms with van der Waals surface area (Å²) < 4.78 is 1.82. The van der Waals surface area contributed by atoms with Crippen molar-refractivity contribution in [2.75, 3.05) is 0 Å². The molecule has 2 nitrogen and oxygen atoms in total. The zero-order valence-electron chi connectivity index (χ0n) is 11.3. The Kier molecular flexibility index (Phi) is 4.76. The smallest absolute Gasteiger partial charge is 0.116 e. The molecule has 0 unspecified atom stereocenters. The van der Waals surface area contributed by atoms with Crippen LogP contribution in [0.1, 0.15) is 36.8 Å². The first kappa shape index (κ1) is 15.4. The second kappa shape index (κ2) is 6.19. The average molecular weight is 400 g/mol. The van der Waals surface area contributed by atoms with Crippen LogP contribution in [0.15, 0.2) is 45.3 Å². The summed E-state index contributed by atoms with van der Waals surface area (Å²) in [6, 6.07) is 10.7. The molecule has 0 heterocycles. The molecule has 0 saturated heterocycles. The van der Waals surface area contributed by atoms with Crippen LogP contribution in [0.2, 0.25) is 0 Å². The third-order valence-corrected chi connectivity index (χ3v) is 5.07. The number of phenolic OH excluding ortho intramolecular Hbond substituents is 2. The van der Waals surface area contributed by atoms with E-state index in [0.29, 0.717) is 0 Å². The summed E-state index contributed by atoms with van der Waals surface area (Å²) >= 11 is 7.01. The molecule has 20 heavy (non-hydrogen) atoms. The van der Waals surface area contributed by atoms with Crippen molar-refractivity contribution in [3.8, 4) is 11.5 Å². The predicted molar refractivity (Wildman–Crippen MR) is 88.4 cm³/mol. The van der Waals surface area contributed by atoms with Crippen molar-refractivity contribution in [1.82, 2.24) is 0 Å². The average Bonchev–Trinajstić information content (AvgIpc) is 2.37. The number of hydrogen-bond acceptors (Lipinski definition) is 2. The number of hydrogen-bond donors (Lipinski definition) is 2. The number of aromatic hydroxyl groups is 2. The lowest BCUT2D eigenvalue weighted by Gasteiger charge is -2.23. The summed E-state index contributed by atoms with van der Waals surface area (Å²) in [6.07, 6.45) is 0. The van der Waals surface area contributed by atoms with E-state index < -0.39 is 0 Å². The molecule has 0 aliphatic heterocycles. The Morgan fingerprint density at radius 3 is 1.40 bits per heavy atom. The Hall–Kier alpha value is -1.00. The molecule has 0 fully saturated rings. The van der Waals surface area contributed by atoms with Crippen molar-refractivity contribution in [2.45, 2.75) is 25.7 Å². The summed E-state index contributed by atoms with van der Waals surface area (Å²) in [5.74, 6) is 1.05. The van der Waals surface area contributed by atoms with Gasteiger partial charge in [-0.3, -0.25) is 0 Å². The minimum atomic E-state index is 0.256. The van der Waals surface area contributed by atoms with Crippen LogP contribution in [0.4, 0.5) is 0 Å². The van der Waals surface area contributed by atoms with Crippen molar-refractivity contribution in [1.29, 1.82) is 0 Å². The van der Waals surface area contributed by atoms with Gasteiger partial charge >= 0.3 is 0 Å². The molecule has 0 amide bonds. The Balaban J connectivity index is 2.34. The van der Waals surface area contributed by atoms with Gasteiger partial charge in [0.2, 0.25) is 0 Å². The minimum Gasteiger partial charge on any atom is -0.508 e. The second-order valence-corrected chi connectivity index (χ2v) is 6.70. The SMILES string of the molecule is C[C@@H](c1ccc(O)cc1Br)[C@@H](C)c1ccc(O)cc1Br. The maximum Gasteiger partial charge on any atom is 0.116 e. The number of phenols is 2. The van der Waals surface area contributed by atoms with E-state index in [9.17, 15) is 10.2 Å². The zero-order valence-corrected chi connectivity index (χ0v) is 14.4. The fourth-order valence-electron chi connectivity index (χ4n) is 2.31. The molecule has 2 atom stereocenters. The summed E-state index contributed by atoms with van der Waals surface area (Å²) in [4.78, 5) is 0. The lowest BCUT2D eigenvalue weighted by molar-refractivity contribution is 0.472. The molecule has 0 radical (unpaired) electrons. The van der Waals surface area contributed by atoms with E-state index in [-0.39, 0.29) is 23.3 Å². The zero-order chi connectivity index (χ0) is 14.9. The second-order valence-electron chi connectivity index (χ2n) is 4.99. The van der Waals surface area contributed by atoms with Crippen LogP contribution in [-0.2, 0) is 0 Å². The van der Waals surface area contributed by atoms with Crippen molar-refractivity contribution in [3.63, 3.8) is 0 Å². The Bertz CT molecular complexity index is 570. The number of halogens is 2. The third-order valence-electron chi connectivity index (χ3n) is 3.70. The van der Waals surface area contributed by atoms with E-state index >= 15 is 0 Å². The molecule has 2 aromatic rings. The van der Waals surface area contributed by atoms with Gasteiger partial charge in [0.05, 0.1) is 0 Å². The third kappa shape index (κ3) is 3.18. The molecule has 2 rings (SSSR count). The molecule has 0 bridgehead atoms. The molecule has 0 aromatic heterocycles. The van der Waals surface area contributed by atoms with Crippen molar-refractivity contribution in [2.24, 2.45) is 0 Å². The molecule has 0 aliphatic rings. The molecule has 4 heteroatoms. The minimum absolute atomic E-state index is 0.256. The maximum absolute atomic E-state index is 9.48. The lowest BCUT2D eigenvalue weighted by Crippen LogP contribution is -2.06. The maximum atomic E-state index is 9.48. The van der Waals surface area contributed by atoms with Gasteiger partial charge in [0.15, 0.2) is 0 Å². The molecule has 2 N–H and O–H groups in total. The van der Waals surface area contributed by atoms with Crippen LogP contribution in [0.5, 0.6) is 11.5 Å². The highest BCUT2D eigenvalue weighted by Crippen LogP contribution is 2.40. The predicted octanol–water partition coefficient (Wildman–Crippen LogP) is 5.53. The van der Waals surface area contributed by atoms with Crippen molar-refractivity contribution in [3.05, 3.63) is 56.5 Å². The molecule has 2 aromatic carbocycles. The van der Waals surface area contributed by atoms with Gasteiger partial charge in [-0.1, -0.05) is 57.8 Å². The Labute approximate surface area is 135 Å². The van der Waals surface area contributed by atoms with E-state index in [2.05, 4.69) is 45.7 Å². The normalized spacial score (nSPS) is 14.0. The van der Waals surface area contributed by atoms with Crippen molar-refractivity contribution >= 4 is 31.9 Å². The fraction of sp³-hybridized carbons (Fsp3) is 0.250. The highest BCUT2D eigenvalue weighted by Gasteiger charge is 2.20. The monoisotopic (exact) mass is 398 g/mol. The van der Waals surface area contributed by atoms with Crippen LogP contribution in [0.3, 0.4) is 0 Å². The fourth-order valence-corrected chi connectivity index (χ4v) is 3.76. The van der Waals surface area contributed by atoms with Gasteiger partial charge in [-0.05, 0) is 47.2 Å². The van der Waals surface area contributed by atoms with E-state index in [1.165, 1.54) is 0 Å². The van der Waals surface area contributed by atoms with Gasteiger partial charge in [0.1, 0.15) is 11.5 Å². The van der Waals surface area contributed by atoms with E-state index in [1.807, 2.05) is 12.1 Å². The van der Waals surface area contributed by atoms with Crippen LogP contribution < -0.4 is 0 Å². The molecular weight excluding hydrogens is 384 g/mol. The van der Waals surface area contributed by atoms with E-state index in [1.54, 1.807) is 24.3 Å². The first-order valence-corrected chi connectivity index (χ1v) is 7.95. The first-order chi connectivity index (χ1) is 9.40. The quantitative estimate of drug-likeness (QED) is 0.712. The van der Waals surface area contributed by atoms with Gasteiger partial charge in [-0.2, -0.15) is 0 Å². The molecule has 0 saturated carbocycles. The highest BCUT2D eigenvalue weighted by molar-refractivity contribution is 9.10. The van der Waals surface area contributed by atoms with Crippen LogP contribution in [0, 0.1) is 0 Å². The van der Waals surface area contributed by atoms with Gasteiger partial charge < -0.3 is 10.2 Å². The number of rotatable bonds is 3. The largest absolute Gasteiger partial charge is 0.508 e. The summed E-state index contributed by atoms with van der Waals surface area (Å²) in [6.45, 7) is 4.31. The topological polar surface area (TPSA) is 40.5 Å². The molecule has 0 aliphatic carbocycles. The van der Waals surface area contributed by atoms with Crippen LogP contribution >= 0.6 is 31.9 Å². The molecule has 0 spiro atoms. The van der Waals surface area contributed by atoms with Gasteiger partial charge in [-0.15, -0.1) is 0 Å². The van der Waals surface area contributed by atoms with Crippen LogP contribution in [-0.4, -0.2) is 10.2 Å². The highest BCUT2D eigenvalue weighted by atomic mass is 79.9. The standard InChI is InChI=1S/C16H16Br2O2/c1-9(13-5-3-11(19)7-15(13)17)10(2)14-6-4-12(20)8-16(14)18/h3-10,19-20H,1-2H3/t9-,10-/m1/s1. The summed E-state index contributed by atoms with van der Waals surface area (Å²) in [7, 11) is 0. The van der Waals surface area contributed by atoms with E-state index in [4.69, 9.17) is 0 Å². The molecule has 106 valence electrons. The first-order valence-electron chi connectivity index (χ1n) is 6.37. The Morgan fingerprint density at radius 2 is 1.10 bits per heavy atom. The Morgan fingerprint density at radius 1 is 0.750 bits per heavy atom. The van der Waals surface area contributed by atoms with Gasteiger partial charge in [-0.25, -0.2) is 0 Å². The lowest BCUT2D eigenvalue weighted by atomic mass is 9.84. The van der Waals surface area contributed by atoms with E-state index in [0.717, 1.165) is 20.1 Å². The number of benzene rings is 2. The molecular formula is C16H16Br2O2. The summed E-state index contributed by atoms with van der Waals surface area (Å²) in [5.41, 5.74) is 2.30. The van der Waals surface area contributed by atoms with Crippen LogP contribution in [0.25, 0.3) is 0 Å². The van der Waals surface area contributed by atoms with Gasteiger partial charge in [0, 0.05) is 8.95 Å². The van der Waals surface area contributed by atoms with Gasteiger partial charge in [0.25, 0.3) is 0 Å². The van der Waals surface area contributed by atoms with Crippen molar-refractivity contribution < 1.29 is 10.2 Å². The summed E-state index contributed by atoms with van der Waals surface area (Å²) in [5, 5.41) is 19.0.